The van der Waals surface area contributed by atoms with Crippen LogP contribution >= 0.6 is 0 Å². The lowest BCUT2D eigenvalue weighted by Gasteiger charge is -2.25. The Hall–Kier alpha value is -1.18. The van der Waals surface area contributed by atoms with Gasteiger partial charge in [-0.15, -0.1) is 0 Å². The Balaban J connectivity index is 2.99. The molecule has 18 heavy (non-hydrogen) atoms. The molecule has 7 heteroatoms. The van der Waals surface area contributed by atoms with Crippen LogP contribution in [0.4, 0.5) is 5.82 Å². The van der Waals surface area contributed by atoms with E-state index in [9.17, 15) is 8.42 Å². The molecule has 102 valence electrons. The summed E-state index contributed by atoms with van der Waals surface area (Å²) < 4.78 is 27.0. The van der Waals surface area contributed by atoms with Gasteiger partial charge in [0, 0.05) is 17.8 Å². The second-order valence-corrected chi connectivity index (χ2v) is 6.44. The van der Waals surface area contributed by atoms with Crippen LogP contribution in [0.2, 0.25) is 0 Å². The van der Waals surface area contributed by atoms with Crippen LogP contribution in [-0.4, -0.2) is 18.9 Å². The van der Waals surface area contributed by atoms with Gasteiger partial charge in [-0.25, -0.2) is 24.0 Å². The molecule has 0 saturated carbocycles. The summed E-state index contributed by atoms with van der Waals surface area (Å²) in [6, 6.07) is 2.83. The number of rotatable bonds is 6. The van der Waals surface area contributed by atoms with Crippen molar-refractivity contribution in [3.63, 3.8) is 0 Å². The van der Waals surface area contributed by atoms with E-state index in [1.807, 2.05) is 20.8 Å². The molecule has 0 fully saturated rings. The summed E-state index contributed by atoms with van der Waals surface area (Å²) in [4.78, 5) is 4.02. The third-order valence-electron chi connectivity index (χ3n) is 2.48. The molecule has 1 aromatic rings. The number of nitrogens with zero attached hydrogens (tertiary/aromatic N) is 1. The lowest BCUT2D eigenvalue weighted by atomic mass is 10.0. The first-order valence-corrected chi connectivity index (χ1v) is 7.26. The zero-order chi connectivity index (χ0) is 13.8. The smallest absolute Gasteiger partial charge is 0.241 e. The topological polar surface area (TPSA) is 97.1 Å². The number of anilines is 1. The van der Waals surface area contributed by atoms with Crippen molar-refractivity contribution in [1.29, 1.82) is 0 Å². The molecule has 0 aromatic carbocycles. The van der Waals surface area contributed by atoms with Gasteiger partial charge in [0.25, 0.3) is 0 Å². The SMILES string of the molecule is CCCC(C)(C)NS(=O)(=O)c1ccnc(NN)c1. The van der Waals surface area contributed by atoms with Gasteiger partial charge >= 0.3 is 0 Å². The van der Waals surface area contributed by atoms with Crippen molar-refractivity contribution in [2.75, 3.05) is 5.43 Å². The molecule has 0 aliphatic heterocycles. The minimum atomic E-state index is -3.56. The number of hydrazine groups is 1. The summed E-state index contributed by atoms with van der Waals surface area (Å²) in [5.41, 5.74) is 1.85. The predicted molar refractivity (Wildman–Crippen MR) is 71.4 cm³/mol. The van der Waals surface area contributed by atoms with Crippen LogP contribution in [0.5, 0.6) is 0 Å². The molecule has 0 radical (unpaired) electrons. The highest BCUT2D eigenvalue weighted by molar-refractivity contribution is 7.89. The zero-order valence-electron chi connectivity index (χ0n) is 10.9. The van der Waals surface area contributed by atoms with Crippen molar-refractivity contribution in [2.45, 2.75) is 44.0 Å². The molecular weight excluding hydrogens is 252 g/mol. The Labute approximate surface area is 108 Å². The average molecular weight is 272 g/mol. The van der Waals surface area contributed by atoms with Crippen LogP contribution in [0.3, 0.4) is 0 Å². The first kappa shape index (κ1) is 14.9. The molecular formula is C11H20N4O2S. The summed E-state index contributed by atoms with van der Waals surface area (Å²) in [7, 11) is -3.56. The van der Waals surface area contributed by atoms with Crippen molar-refractivity contribution in [2.24, 2.45) is 5.84 Å². The van der Waals surface area contributed by atoms with Crippen molar-refractivity contribution >= 4 is 15.8 Å². The third kappa shape index (κ3) is 3.94. The quantitative estimate of drug-likeness (QED) is 0.534. The normalized spacial score (nSPS) is 12.4. The number of hydrogen-bond donors (Lipinski definition) is 3. The monoisotopic (exact) mass is 272 g/mol. The Bertz CT molecular complexity index is 500. The fourth-order valence-corrected chi connectivity index (χ4v) is 3.21. The lowest BCUT2D eigenvalue weighted by molar-refractivity contribution is 0.417. The van der Waals surface area contributed by atoms with E-state index in [2.05, 4.69) is 15.1 Å². The van der Waals surface area contributed by atoms with Crippen molar-refractivity contribution in [1.82, 2.24) is 9.71 Å². The zero-order valence-corrected chi connectivity index (χ0v) is 11.7. The fraction of sp³-hybridized carbons (Fsp3) is 0.545. The van der Waals surface area contributed by atoms with Crippen LogP contribution in [0.25, 0.3) is 0 Å². The molecule has 1 aromatic heterocycles. The Morgan fingerprint density at radius 2 is 2.11 bits per heavy atom. The van der Waals surface area contributed by atoms with Gasteiger partial charge in [0.2, 0.25) is 10.0 Å². The Morgan fingerprint density at radius 1 is 1.44 bits per heavy atom. The molecule has 4 N–H and O–H groups in total. The number of nitrogen functional groups attached to an aromatic ring is 1. The number of pyridine rings is 1. The summed E-state index contributed by atoms with van der Waals surface area (Å²) in [5, 5.41) is 0. The number of hydrogen-bond acceptors (Lipinski definition) is 5. The lowest BCUT2D eigenvalue weighted by Crippen LogP contribution is -2.43. The minimum absolute atomic E-state index is 0.148. The highest BCUT2D eigenvalue weighted by Crippen LogP contribution is 2.18. The van der Waals surface area contributed by atoms with Gasteiger partial charge in [-0.3, -0.25) is 0 Å². The van der Waals surface area contributed by atoms with E-state index >= 15 is 0 Å². The number of sulfonamides is 1. The van der Waals surface area contributed by atoms with Crippen LogP contribution in [-0.2, 0) is 10.0 Å². The van der Waals surface area contributed by atoms with Crippen LogP contribution in [0.1, 0.15) is 33.6 Å². The maximum absolute atomic E-state index is 12.2. The van der Waals surface area contributed by atoms with E-state index in [-0.39, 0.29) is 4.90 Å². The van der Waals surface area contributed by atoms with Crippen molar-refractivity contribution < 1.29 is 8.42 Å². The molecule has 0 bridgehead atoms. The molecule has 1 heterocycles. The second kappa shape index (κ2) is 5.64. The molecule has 0 unspecified atom stereocenters. The molecule has 0 aliphatic carbocycles. The molecule has 0 atom stereocenters. The fourth-order valence-electron chi connectivity index (χ4n) is 1.76. The Kier molecular flexibility index (Phi) is 4.66. The van der Waals surface area contributed by atoms with E-state index in [4.69, 9.17) is 5.84 Å². The summed E-state index contributed by atoms with van der Waals surface area (Å²) in [6.07, 6.45) is 3.07. The summed E-state index contributed by atoms with van der Waals surface area (Å²) in [5.74, 6) is 5.52. The maximum atomic E-state index is 12.2. The molecule has 0 saturated heterocycles. The largest absolute Gasteiger partial charge is 0.308 e. The first-order chi connectivity index (χ1) is 8.30. The van der Waals surface area contributed by atoms with Crippen LogP contribution in [0, 0.1) is 0 Å². The van der Waals surface area contributed by atoms with E-state index in [0.29, 0.717) is 5.82 Å². The molecule has 1 rings (SSSR count). The minimum Gasteiger partial charge on any atom is -0.308 e. The number of aromatic nitrogens is 1. The van der Waals surface area contributed by atoms with E-state index < -0.39 is 15.6 Å². The van der Waals surface area contributed by atoms with Gasteiger partial charge in [0.15, 0.2) is 0 Å². The van der Waals surface area contributed by atoms with Gasteiger partial charge < -0.3 is 5.43 Å². The molecule has 0 aliphatic rings. The highest BCUT2D eigenvalue weighted by Gasteiger charge is 2.25. The maximum Gasteiger partial charge on any atom is 0.241 e. The first-order valence-electron chi connectivity index (χ1n) is 5.77. The summed E-state index contributed by atoms with van der Waals surface area (Å²) in [6.45, 7) is 5.73. The van der Waals surface area contributed by atoms with Gasteiger partial charge in [-0.2, -0.15) is 0 Å². The standard InChI is InChI=1S/C11H20N4O2S/c1-4-6-11(2,3)15-18(16,17)9-5-7-13-10(8-9)14-12/h5,7-8,15H,4,6,12H2,1-3H3,(H,13,14). The van der Waals surface area contributed by atoms with E-state index in [0.717, 1.165) is 12.8 Å². The number of nitrogens with one attached hydrogen (secondary N) is 2. The third-order valence-corrected chi connectivity index (χ3v) is 4.17. The van der Waals surface area contributed by atoms with Gasteiger partial charge in [-0.05, 0) is 26.3 Å². The van der Waals surface area contributed by atoms with Gasteiger partial charge in [0.1, 0.15) is 5.82 Å². The number of nitrogens with two attached hydrogens (primary N) is 1. The molecule has 6 nitrogen and oxygen atoms in total. The highest BCUT2D eigenvalue weighted by atomic mass is 32.2. The van der Waals surface area contributed by atoms with Crippen molar-refractivity contribution in [3.05, 3.63) is 18.3 Å². The van der Waals surface area contributed by atoms with Gasteiger partial charge in [0.05, 0.1) is 4.90 Å². The van der Waals surface area contributed by atoms with Crippen molar-refractivity contribution in [3.8, 4) is 0 Å². The van der Waals surface area contributed by atoms with E-state index in [1.54, 1.807) is 0 Å². The molecule has 0 spiro atoms. The Morgan fingerprint density at radius 3 is 2.67 bits per heavy atom. The predicted octanol–water partition coefficient (Wildman–Crippen LogP) is 1.22. The average Bonchev–Trinajstić information content (AvgIpc) is 2.27. The summed E-state index contributed by atoms with van der Waals surface area (Å²) >= 11 is 0. The van der Waals surface area contributed by atoms with Gasteiger partial charge in [-0.1, -0.05) is 13.3 Å². The second-order valence-electron chi connectivity index (χ2n) is 4.76. The molecule has 0 amide bonds. The van der Waals surface area contributed by atoms with E-state index in [1.165, 1.54) is 18.3 Å². The van der Waals surface area contributed by atoms with Crippen LogP contribution < -0.4 is 16.0 Å². The van der Waals surface area contributed by atoms with Crippen LogP contribution in [0.15, 0.2) is 23.2 Å².